The minimum Gasteiger partial charge on any atom is -0.336 e. The van der Waals surface area contributed by atoms with E-state index in [2.05, 4.69) is 11.9 Å². The van der Waals surface area contributed by atoms with Gasteiger partial charge in [-0.3, -0.25) is 9.59 Å². The number of alkyl halides is 1. The number of carbonyl (C=O) groups excluding carboxylic acids is 2. The van der Waals surface area contributed by atoms with Crippen molar-refractivity contribution >= 4 is 17.5 Å². The first kappa shape index (κ1) is 15.2. The monoisotopic (exact) mass is 290 g/mol. The van der Waals surface area contributed by atoms with E-state index in [4.69, 9.17) is 0 Å². The molecule has 1 aliphatic heterocycles. The molecule has 112 valence electrons. The fraction of sp³-hybridized carbons (Fsp3) is 0.375. The molecule has 5 heteroatoms. The van der Waals surface area contributed by atoms with Crippen LogP contribution in [0.15, 0.2) is 36.9 Å². The Morgan fingerprint density at radius 1 is 1.48 bits per heavy atom. The molecule has 0 bridgehead atoms. The van der Waals surface area contributed by atoms with Crippen molar-refractivity contribution in [1.29, 1.82) is 0 Å². The van der Waals surface area contributed by atoms with Gasteiger partial charge in [-0.2, -0.15) is 0 Å². The molecule has 0 saturated carbocycles. The van der Waals surface area contributed by atoms with Crippen molar-refractivity contribution in [2.45, 2.75) is 19.5 Å². The smallest absolute Gasteiger partial charge is 0.254 e. The summed E-state index contributed by atoms with van der Waals surface area (Å²) in [7, 11) is 0. The molecular weight excluding hydrogens is 271 g/mol. The molecule has 0 aromatic heterocycles. The van der Waals surface area contributed by atoms with E-state index in [-0.39, 0.29) is 24.3 Å². The number of rotatable bonds is 3. The van der Waals surface area contributed by atoms with Crippen molar-refractivity contribution in [3.8, 4) is 0 Å². The number of hydrogen-bond acceptors (Lipinski definition) is 2. The van der Waals surface area contributed by atoms with Gasteiger partial charge < -0.3 is 10.2 Å². The third-order valence-corrected chi connectivity index (χ3v) is 3.72. The second-order valence-electron chi connectivity index (χ2n) is 5.31. The summed E-state index contributed by atoms with van der Waals surface area (Å²) in [5, 5.41) is 2.60. The molecule has 2 amide bonds. The number of nitrogens with one attached hydrogen (secondary N) is 1. The summed E-state index contributed by atoms with van der Waals surface area (Å²) in [6, 6.07) is 6.63. The highest BCUT2D eigenvalue weighted by Gasteiger charge is 2.29. The van der Waals surface area contributed by atoms with Crippen LogP contribution >= 0.6 is 0 Å². The maximum absolute atomic E-state index is 13.7. The molecular formula is C16H19FN2O2. The topological polar surface area (TPSA) is 49.4 Å². The van der Waals surface area contributed by atoms with Crippen LogP contribution in [0.2, 0.25) is 0 Å². The van der Waals surface area contributed by atoms with Crippen LogP contribution in [-0.2, 0) is 4.79 Å². The van der Waals surface area contributed by atoms with Crippen molar-refractivity contribution in [1.82, 2.24) is 4.90 Å². The lowest BCUT2D eigenvalue weighted by Crippen LogP contribution is -2.44. The van der Waals surface area contributed by atoms with Crippen LogP contribution in [0.1, 0.15) is 23.7 Å². The number of halogens is 1. The number of benzene rings is 1. The highest BCUT2D eigenvalue weighted by atomic mass is 19.1. The van der Waals surface area contributed by atoms with Gasteiger partial charge >= 0.3 is 0 Å². The Bertz CT molecular complexity index is 559. The summed E-state index contributed by atoms with van der Waals surface area (Å²) in [6.45, 7) is 5.92. The Morgan fingerprint density at radius 2 is 2.24 bits per heavy atom. The van der Waals surface area contributed by atoms with Gasteiger partial charge in [0.1, 0.15) is 6.17 Å². The second-order valence-corrected chi connectivity index (χ2v) is 5.31. The number of piperidine rings is 1. The third-order valence-electron chi connectivity index (χ3n) is 3.72. The first-order valence-electron chi connectivity index (χ1n) is 6.98. The fourth-order valence-electron chi connectivity index (χ4n) is 2.31. The predicted octanol–water partition coefficient (Wildman–Crippen LogP) is 2.63. The molecule has 1 heterocycles. The zero-order chi connectivity index (χ0) is 15.4. The van der Waals surface area contributed by atoms with Crippen molar-refractivity contribution in [2.24, 2.45) is 5.92 Å². The molecule has 0 unspecified atom stereocenters. The van der Waals surface area contributed by atoms with E-state index < -0.39 is 6.17 Å². The molecule has 21 heavy (non-hydrogen) atoms. The van der Waals surface area contributed by atoms with Crippen molar-refractivity contribution < 1.29 is 14.0 Å². The zero-order valence-electron chi connectivity index (χ0n) is 12.0. The first-order valence-corrected chi connectivity index (χ1v) is 6.98. The van der Waals surface area contributed by atoms with Crippen LogP contribution < -0.4 is 5.32 Å². The molecule has 0 aliphatic carbocycles. The van der Waals surface area contributed by atoms with Gasteiger partial charge in [0.05, 0.1) is 6.54 Å². The number of amides is 2. The fourth-order valence-corrected chi connectivity index (χ4v) is 2.31. The summed E-state index contributed by atoms with van der Waals surface area (Å²) in [4.78, 5) is 25.2. The minimum absolute atomic E-state index is 0.00716. The minimum atomic E-state index is -0.980. The molecule has 1 saturated heterocycles. The lowest BCUT2D eigenvalue weighted by molar-refractivity contribution is -0.111. The molecule has 1 aliphatic rings. The molecule has 4 nitrogen and oxygen atoms in total. The van der Waals surface area contributed by atoms with Crippen molar-refractivity contribution in [3.05, 3.63) is 42.5 Å². The quantitative estimate of drug-likeness (QED) is 0.870. The Kier molecular flexibility index (Phi) is 4.73. The largest absolute Gasteiger partial charge is 0.336 e. The normalized spacial score (nSPS) is 21.7. The van der Waals surface area contributed by atoms with E-state index >= 15 is 0 Å². The Labute approximate surface area is 123 Å². The third kappa shape index (κ3) is 3.68. The van der Waals surface area contributed by atoms with Crippen LogP contribution in [0, 0.1) is 5.92 Å². The van der Waals surface area contributed by atoms with Gasteiger partial charge in [0.15, 0.2) is 0 Å². The molecule has 0 spiro atoms. The van der Waals surface area contributed by atoms with Gasteiger partial charge in [0.2, 0.25) is 5.91 Å². The van der Waals surface area contributed by atoms with Crippen LogP contribution in [-0.4, -0.2) is 36.0 Å². The molecule has 2 atom stereocenters. The average molecular weight is 290 g/mol. The van der Waals surface area contributed by atoms with E-state index in [1.54, 1.807) is 24.3 Å². The lowest BCUT2D eigenvalue weighted by atomic mass is 9.96. The van der Waals surface area contributed by atoms with Gasteiger partial charge in [0, 0.05) is 17.8 Å². The molecule has 0 radical (unpaired) electrons. The van der Waals surface area contributed by atoms with Crippen molar-refractivity contribution in [3.63, 3.8) is 0 Å². The van der Waals surface area contributed by atoms with Gasteiger partial charge in [-0.15, -0.1) is 0 Å². The average Bonchev–Trinajstić information content (AvgIpc) is 2.49. The van der Waals surface area contributed by atoms with Gasteiger partial charge in [-0.1, -0.05) is 19.6 Å². The van der Waals surface area contributed by atoms with E-state index in [1.165, 1.54) is 4.90 Å². The highest BCUT2D eigenvalue weighted by molar-refractivity contribution is 6.00. The lowest BCUT2D eigenvalue weighted by Gasteiger charge is -2.33. The maximum Gasteiger partial charge on any atom is 0.254 e. The Balaban J connectivity index is 2.10. The van der Waals surface area contributed by atoms with Gasteiger partial charge in [-0.25, -0.2) is 4.39 Å². The maximum atomic E-state index is 13.7. The van der Waals surface area contributed by atoms with Gasteiger partial charge in [-0.05, 0) is 36.6 Å². The number of hydrogen-bond donors (Lipinski definition) is 1. The van der Waals surface area contributed by atoms with E-state index in [1.807, 2.05) is 6.92 Å². The van der Waals surface area contributed by atoms with Crippen LogP contribution in [0.25, 0.3) is 0 Å². The summed E-state index contributed by atoms with van der Waals surface area (Å²) in [5.41, 5.74) is 0.964. The predicted molar refractivity (Wildman–Crippen MR) is 79.8 cm³/mol. The molecule has 1 aromatic rings. The van der Waals surface area contributed by atoms with E-state index in [0.717, 1.165) is 6.08 Å². The number of anilines is 1. The zero-order valence-corrected chi connectivity index (χ0v) is 12.0. The summed E-state index contributed by atoms with van der Waals surface area (Å²) < 4.78 is 13.7. The van der Waals surface area contributed by atoms with Crippen LogP contribution in [0.3, 0.4) is 0 Å². The number of likely N-dealkylation sites (tertiary alicyclic amines) is 1. The standard InChI is InChI=1S/C16H19FN2O2/c1-3-15(20)18-13-6-4-5-12(9-13)16(21)19-8-7-11(2)14(17)10-19/h3-6,9,11,14H,1,7-8,10H2,2H3,(H,18,20)/t11-,14+/m1/s1. The van der Waals surface area contributed by atoms with Crippen molar-refractivity contribution in [2.75, 3.05) is 18.4 Å². The van der Waals surface area contributed by atoms with E-state index in [9.17, 15) is 14.0 Å². The number of carbonyl (C=O) groups is 2. The summed E-state index contributed by atoms with van der Waals surface area (Å²) in [6.07, 6.45) is 0.847. The molecule has 1 N–H and O–H groups in total. The SMILES string of the molecule is C=CC(=O)Nc1cccc(C(=O)N2CC[C@@H](C)[C@@H](F)C2)c1. The Morgan fingerprint density at radius 3 is 2.90 bits per heavy atom. The van der Waals surface area contributed by atoms with Gasteiger partial charge in [0.25, 0.3) is 5.91 Å². The van der Waals surface area contributed by atoms with E-state index in [0.29, 0.717) is 24.2 Å². The molecule has 2 rings (SSSR count). The first-order chi connectivity index (χ1) is 10.0. The van der Waals surface area contributed by atoms with Crippen LogP contribution in [0.5, 0.6) is 0 Å². The summed E-state index contributed by atoms with van der Waals surface area (Å²) >= 11 is 0. The molecule has 1 fully saturated rings. The second kappa shape index (κ2) is 6.52. The van der Waals surface area contributed by atoms with Crippen LogP contribution in [0.4, 0.5) is 10.1 Å². The summed E-state index contributed by atoms with van der Waals surface area (Å²) in [5.74, 6) is -0.554. The molecule has 1 aromatic carbocycles. The highest BCUT2D eigenvalue weighted by Crippen LogP contribution is 2.22. The Hall–Kier alpha value is -2.17. The number of nitrogens with zero attached hydrogens (tertiary/aromatic N) is 1.